The number of sulfonamides is 1. The van der Waals surface area contributed by atoms with Crippen LogP contribution in [0.3, 0.4) is 0 Å². The van der Waals surface area contributed by atoms with Crippen molar-refractivity contribution in [2.45, 2.75) is 17.9 Å². The fourth-order valence-corrected chi connectivity index (χ4v) is 2.64. The minimum Gasteiger partial charge on any atom is -0.392 e. The fraction of sp³-hybridized carbons (Fsp3) is 0.500. The smallest absolute Gasteiger partial charge is 0.240 e. The minimum absolute atomic E-state index is 0.163. The van der Waals surface area contributed by atoms with Crippen LogP contribution in [-0.4, -0.2) is 45.6 Å². The average molecular weight is 272 g/mol. The molecule has 0 saturated heterocycles. The topological polar surface area (TPSA) is 69.6 Å². The number of nitrogens with one attached hydrogen (secondary N) is 1. The van der Waals surface area contributed by atoms with Crippen LogP contribution in [0.4, 0.5) is 0 Å². The SMILES string of the molecule is CN(C)CCCNS(=O)(=O)c1cccc(CO)c1. The van der Waals surface area contributed by atoms with E-state index in [1.54, 1.807) is 12.1 Å². The monoisotopic (exact) mass is 272 g/mol. The minimum atomic E-state index is -3.47. The highest BCUT2D eigenvalue weighted by molar-refractivity contribution is 7.89. The molecule has 0 heterocycles. The summed E-state index contributed by atoms with van der Waals surface area (Å²) in [4.78, 5) is 2.19. The van der Waals surface area contributed by atoms with E-state index in [-0.39, 0.29) is 11.5 Å². The second kappa shape index (κ2) is 6.84. The van der Waals surface area contributed by atoms with Gasteiger partial charge in [-0.05, 0) is 44.8 Å². The van der Waals surface area contributed by atoms with Crippen molar-refractivity contribution in [3.63, 3.8) is 0 Å². The lowest BCUT2D eigenvalue weighted by molar-refractivity contribution is 0.281. The van der Waals surface area contributed by atoms with Crippen LogP contribution < -0.4 is 4.72 Å². The molecular weight excluding hydrogens is 252 g/mol. The number of rotatable bonds is 7. The third-order valence-electron chi connectivity index (χ3n) is 2.47. The third-order valence-corrected chi connectivity index (χ3v) is 3.92. The molecule has 0 unspecified atom stereocenters. The Morgan fingerprint density at radius 1 is 1.33 bits per heavy atom. The van der Waals surface area contributed by atoms with E-state index in [1.807, 2.05) is 19.0 Å². The molecule has 0 bridgehead atoms. The molecule has 102 valence electrons. The van der Waals surface area contributed by atoms with Crippen LogP contribution in [0, 0.1) is 0 Å². The molecule has 0 aliphatic rings. The molecule has 1 aromatic rings. The molecule has 0 aromatic heterocycles. The van der Waals surface area contributed by atoms with Gasteiger partial charge in [0.25, 0.3) is 0 Å². The number of benzene rings is 1. The largest absolute Gasteiger partial charge is 0.392 e. The quantitative estimate of drug-likeness (QED) is 0.705. The molecule has 6 heteroatoms. The fourth-order valence-electron chi connectivity index (χ4n) is 1.50. The summed E-state index contributed by atoms with van der Waals surface area (Å²) in [5, 5.41) is 8.98. The maximum atomic E-state index is 11.9. The van der Waals surface area contributed by atoms with Crippen molar-refractivity contribution in [1.29, 1.82) is 0 Å². The lowest BCUT2D eigenvalue weighted by Crippen LogP contribution is -2.27. The molecule has 0 amide bonds. The summed E-state index contributed by atoms with van der Waals surface area (Å²) in [6, 6.07) is 6.31. The predicted octanol–water partition coefficient (Wildman–Crippen LogP) is 0.409. The zero-order valence-electron chi connectivity index (χ0n) is 10.8. The van der Waals surface area contributed by atoms with Gasteiger partial charge in [-0.2, -0.15) is 0 Å². The van der Waals surface area contributed by atoms with E-state index in [0.717, 1.165) is 13.0 Å². The van der Waals surface area contributed by atoms with Gasteiger partial charge in [0.15, 0.2) is 0 Å². The molecule has 0 radical (unpaired) electrons. The Bertz CT molecular complexity index is 472. The summed E-state index contributed by atoms with van der Waals surface area (Å²) in [6.07, 6.45) is 0.756. The molecule has 0 fully saturated rings. The molecule has 2 N–H and O–H groups in total. The van der Waals surface area contributed by atoms with E-state index < -0.39 is 10.0 Å². The second-order valence-corrected chi connectivity index (χ2v) is 6.13. The first kappa shape index (κ1) is 15.1. The molecule has 0 aliphatic heterocycles. The van der Waals surface area contributed by atoms with Crippen LogP contribution in [-0.2, 0) is 16.6 Å². The predicted molar refractivity (Wildman–Crippen MR) is 70.7 cm³/mol. The summed E-state index contributed by atoms with van der Waals surface area (Å²) in [6.45, 7) is 1.08. The van der Waals surface area contributed by atoms with Gasteiger partial charge < -0.3 is 10.0 Å². The normalized spacial score (nSPS) is 12.0. The van der Waals surface area contributed by atoms with Crippen LogP contribution in [0.2, 0.25) is 0 Å². The van der Waals surface area contributed by atoms with E-state index in [4.69, 9.17) is 5.11 Å². The molecule has 0 atom stereocenters. The van der Waals surface area contributed by atoms with Gasteiger partial charge >= 0.3 is 0 Å². The molecule has 18 heavy (non-hydrogen) atoms. The van der Waals surface area contributed by atoms with Crippen molar-refractivity contribution in [2.24, 2.45) is 0 Å². The highest BCUT2D eigenvalue weighted by atomic mass is 32.2. The van der Waals surface area contributed by atoms with Crippen molar-refractivity contribution in [3.8, 4) is 0 Å². The van der Waals surface area contributed by atoms with Crippen LogP contribution in [0.25, 0.3) is 0 Å². The van der Waals surface area contributed by atoms with Crippen molar-refractivity contribution in [1.82, 2.24) is 9.62 Å². The van der Waals surface area contributed by atoms with Crippen molar-refractivity contribution in [3.05, 3.63) is 29.8 Å². The second-order valence-electron chi connectivity index (χ2n) is 4.36. The van der Waals surface area contributed by atoms with E-state index in [9.17, 15) is 8.42 Å². The lowest BCUT2D eigenvalue weighted by atomic mass is 10.2. The van der Waals surface area contributed by atoms with E-state index in [1.165, 1.54) is 12.1 Å². The van der Waals surface area contributed by atoms with E-state index in [0.29, 0.717) is 12.1 Å². The van der Waals surface area contributed by atoms with Gasteiger partial charge in [0, 0.05) is 6.54 Å². The summed E-state index contributed by atoms with van der Waals surface area (Å²) in [5.41, 5.74) is 0.589. The number of hydrogen-bond acceptors (Lipinski definition) is 4. The first-order valence-electron chi connectivity index (χ1n) is 5.80. The van der Waals surface area contributed by atoms with Crippen molar-refractivity contribution < 1.29 is 13.5 Å². The zero-order valence-corrected chi connectivity index (χ0v) is 11.6. The summed E-state index contributed by atoms with van der Waals surface area (Å²) < 4.78 is 26.4. The number of hydrogen-bond donors (Lipinski definition) is 2. The third kappa shape index (κ3) is 4.73. The van der Waals surface area contributed by atoms with Crippen molar-refractivity contribution in [2.75, 3.05) is 27.2 Å². The van der Waals surface area contributed by atoms with Crippen LogP contribution in [0.15, 0.2) is 29.2 Å². The zero-order chi connectivity index (χ0) is 13.6. The summed E-state index contributed by atoms with van der Waals surface area (Å²) >= 11 is 0. The molecule has 5 nitrogen and oxygen atoms in total. The van der Waals surface area contributed by atoms with E-state index in [2.05, 4.69) is 4.72 Å². The lowest BCUT2D eigenvalue weighted by Gasteiger charge is -2.10. The Morgan fingerprint density at radius 3 is 2.67 bits per heavy atom. The molecule has 1 rings (SSSR count). The number of aliphatic hydroxyl groups is 1. The number of aliphatic hydroxyl groups excluding tert-OH is 1. The summed E-state index contributed by atoms with van der Waals surface area (Å²) in [5.74, 6) is 0. The summed E-state index contributed by atoms with van der Waals surface area (Å²) in [7, 11) is 0.417. The standard InChI is InChI=1S/C12H20N2O3S/c1-14(2)8-4-7-13-18(16,17)12-6-3-5-11(9-12)10-15/h3,5-6,9,13,15H,4,7-8,10H2,1-2H3. The van der Waals surface area contributed by atoms with E-state index >= 15 is 0 Å². The van der Waals surface area contributed by atoms with Gasteiger partial charge in [-0.3, -0.25) is 0 Å². The maximum absolute atomic E-state index is 11.9. The Balaban J connectivity index is 2.62. The number of nitrogens with zero attached hydrogens (tertiary/aromatic N) is 1. The van der Waals surface area contributed by atoms with Crippen molar-refractivity contribution >= 4 is 10.0 Å². The van der Waals surface area contributed by atoms with Crippen LogP contribution in [0.1, 0.15) is 12.0 Å². The van der Waals surface area contributed by atoms with Gasteiger partial charge in [-0.15, -0.1) is 0 Å². The average Bonchev–Trinajstić information content (AvgIpc) is 2.34. The molecule has 0 aliphatic carbocycles. The van der Waals surface area contributed by atoms with Crippen LogP contribution in [0.5, 0.6) is 0 Å². The first-order valence-corrected chi connectivity index (χ1v) is 7.28. The molecular formula is C12H20N2O3S. The molecule has 0 saturated carbocycles. The Labute approximate surface area is 108 Å². The van der Waals surface area contributed by atoms with Gasteiger partial charge in [-0.1, -0.05) is 12.1 Å². The molecule has 0 spiro atoms. The highest BCUT2D eigenvalue weighted by Crippen LogP contribution is 2.11. The Morgan fingerprint density at radius 2 is 2.06 bits per heavy atom. The maximum Gasteiger partial charge on any atom is 0.240 e. The Kier molecular flexibility index (Phi) is 5.74. The Hall–Kier alpha value is -0.950. The molecule has 1 aromatic carbocycles. The van der Waals surface area contributed by atoms with Gasteiger partial charge in [0.05, 0.1) is 11.5 Å². The van der Waals surface area contributed by atoms with Gasteiger partial charge in [0.2, 0.25) is 10.0 Å². The highest BCUT2D eigenvalue weighted by Gasteiger charge is 2.13. The van der Waals surface area contributed by atoms with Gasteiger partial charge in [-0.25, -0.2) is 13.1 Å². The van der Waals surface area contributed by atoms with Gasteiger partial charge in [0.1, 0.15) is 0 Å². The van der Waals surface area contributed by atoms with Crippen LogP contribution >= 0.6 is 0 Å². The first-order chi connectivity index (χ1) is 8.45.